The summed E-state index contributed by atoms with van der Waals surface area (Å²) in [4.78, 5) is 6.66. The van der Waals surface area contributed by atoms with Gasteiger partial charge in [-0.25, -0.2) is 0 Å². The van der Waals surface area contributed by atoms with E-state index in [0.717, 1.165) is 31.4 Å². The van der Waals surface area contributed by atoms with Gasteiger partial charge in [-0.1, -0.05) is 12.1 Å². The fourth-order valence-corrected chi connectivity index (χ4v) is 2.56. The van der Waals surface area contributed by atoms with Gasteiger partial charge in [0.1, 0.15) is 5.75 Å². The van der Waals surface area contributed by atoms with Crippen LogP contribution in [0.2, 0.25) is 0 Å². The molecule has 3 rings (SSSR count). The van der Waals surface area contributed by atoms with Crippen molar-refractivity contribution in [2.75, 3.05) is 26.7 Å². The lowest BCUT2D eigenvalue weighted by Gasteiger charge is -2.15. The van der Waals surface area contributed by atoms with Crippen LogP contribution in [0, 0.1) is 0 Å². The summed E-state index contributed by atoms with van der Waals surface area (Å²) < 4.78 is 5.47. The molecule has 4 nitrogen and oxygen atoms in total. The van der Waals surface area contributed by atoms with Crippen LogP contribution in [-0.4, -0.2) is 43.6 Å². The molecule has 4 heteroatoms. The van der Waals surface area contributed by atoms with E-state index in [1.807, 2.05) is 6.92 Å². The maximum absolute atomic E-state index is 5.47. The molecule has 1 saturated carbocycles. The van der Waals surface area contributed by atoms with Gasteiger partial charge in [-0.15, -0.1) is 0 Å². The topological polar surface area (TPSA) is 36.9 Å². The number of aliphatic imine (C=N–C) groups is 1. The number of nitrogens with one attached hydrogen (secondary N) is 1. The highest BCUT2D eigenvalue weighted by molar-refractivity contribution is 5.82. The summed E-state index contributed by atoms with van der Waals surface area (Å²) in [7, 11) is 2.09. The van der Waals surface area contributed by atoms with E-state index in [4.69, 9.17) is 4.74 Å². The SMILES string of the molecule is CCOc1ccc([C@@H]2C[C@H]2NC2=NCCN2C)cc1. The van der Waals surface area contributed by atoms with Crippen LogP contribution in [-0.2, 0) is 0 Å². The van der Waals surface area contributed by atoms with Crippen LogP contribution in [0.5, 0.6) is 5.75 Å². The van der Waals surface area contributed by atoms with E-state index in [1.165, 1.54) is 12.0 Å². The molecule has 0 unspecified atom stereocenters. The van der Waals surface area contributed by atoms with E-state index in [0.29, 0.717) is 12.0 Å². The fourth-order valence-electron chi connectivity index (χ4n) is 2.56. The predicted molar refractivity (Wildman–Crippen MR) is 76.8 cm³/mol. The molecular weight excluding hydrogens is 238 g/mol. The molecule has 0 aromatic heterocycles. The van der Waals surface area contributed by atoms with Crippen LogP contribution in [0.15, 0.2) is 29.3 Å². The molecule has 1 aromatic rings. The Kier molecular flexibility index (Phi) is 3.32. The van der Waals surface area contributed by atoms with Gasteiger partial charge in [0.2, 0.25) is 0 Å². The monoisotopic (exact) mass is 259 g/mol. The molecule has 0 spiro atoms. The van der Waals surface area contributed by atoms with E-state index < -0.39 is 0 Å². The van der Waals surface area contributed by atoms with Crippen molar-refractivity contribution in [1.82, 2.24) is 10.2 Å². The van der Waals surface area contributed by atoms with Crippen molar-refractivity contribution >= 4 is 5.96 Å². The van der Waals surface area contributed by atoms with Crippen molar-refractivity contribution in [3.8, 4) is 5.75 Å². The number of ether oxygens (including phenoxy) is 1. The van der Waals surface area contributed by atoms with Crippen molar-refractivity contribution in [1.29, 1.82) is 0 Å². The number of benzene rings is 1. The molecule has 1 aliphatic carbocycles. The highest BCUT2D eigenvalue weighted by atomic mass is 16.5. The minimum atomic E-state index is 0.539. The molecule has 0 radical (unpaired) electrons. The van der Waals surface area contributed by atoms with E-state index >= 15 is 0 Å². The van der Waals surface area contributed by atoms with Crippen LogP contribution >= 0.6 is 0 Å². The van der Waals surface area contributed by atoms with Gasteiger partial charge in [0.25, 0.3) is 0 Å². The van der Waals surface area contributed by atoms with Gasteiger partial charge in [-0.3, -0.25) is 4.99 Å². The summed E-state index contributed by atoms with van der Waals surface area (Å²) >= 11 is 0. The Hall–Kier alpha value is -1.71. The van der Waals surface area contributed by atoms with Crippen molar-refractivity contribution < 1.29 is 4.74 Å². The maximum Gasteiger partial charge on any atom is 0.194 e. The lowest BCUT2D eigenvalue weighted by Crippen LogP contribution is -2.37. The molecule has 2 aliphatic rings. The summed E-state index contributed by atoms with van der Waals surface area (Å²) in [6, 6.07) is 9.02. The van der Waals surface area contributed by atoms with Gasteiger partial charge in [0.05, 0.1) is 13.2 Å². The highest BCUT2D eigenvalue weighted by Gasteiger charge is 2.39. The third kappa shape index (κ3) is 2.67. The normalized spacial score (nSPS) is 25.2. The van der Waals surface area contributed by atoms with Gasteiger partial charge in [-0.05, 0) is 31.0 Å². The van der Waals surface area contributed by atoms with E-state index in [1.54, 1.807) is 0 Å². The Morgan fingerprint density at radius 1 is 1.37 bits per heavy atom. The Labute approximate surface area is 114 Å². The largest absolute Gasteiger partial charge is 0.494 e. The quantitative estimate of drug-likeness (QED) is 0.896. The van der Waals surface area contributed by atoms with Gasteiger partial charge >= 0.3 is 0 Å². The van der Waals surface area contributed by atoms with Gasteiger partial charge in [0.15, 0.2) is 5.96 Å². The van der Waals surface area contributed by atoms with Crippen LogP contribution in [0.25, 0.3) is 0 Å². The standard InChI is InChI=1S/C15H21N3O/c1-3-19-12-6-4-11(5-7-12)13-10-14(13)17-15-16-8-9-18(15)2/h4-7,13-14H,3,8-10H2,1-2H3,(H,16,17)/t13-,14+/m0/s1. The summed E-state index contributed by atoms with van der Waals surface area (Å²) in [5.41, 5.74) is 1.39. The predicted octanol–water partition coefficient (Wildman–Crippen LogP) is 1.83. The second-order valence-electron chi connectivity index (χ2n) is 5.22. The minimum absolute atomic E-state index is 0.539. The Morgan fingerprint density at radius 3 is 2.79 bits per heavy atom. The number of rotatable bonds is 4. The lowest BCUT2D eigenvalue weighted by atomic mass is 10.1. The average molecular weight is 259 g/mol. The molecule has 0 saturated heterocycles. The van der Waals surface area contributed by atoms with Crippen LogP contribution < -0.4 is 10.1 Å². The summed E-state index contributed by atoms with van der Waals surface area (Å²) in [5, 5.41) is 3.54. The van der Waals surface area contributed by atoms with Crippen LogP contribution in [0.4, 0.5) is 0 Å². The second-order valence-corrected chi connectivity index (χ2v) is 5.22. The molecule has 1 fully saturated rings. The third-order valence-electron chi connectivity index (χ3n) is 3.78. The molecule has 1 N–H and O–H groups in total. The van der Waals surface area contributed by atoms with E-state index in [9.17, 15) is 0 Å². The Bertz CT molecular complexity index is 469. The fraction of sp³-hybridized carbons (Fsp3) is 0.533. The highest BCUT2D eigenvalue weighted by Crippen LogP contribution is 2.41. The molecule has 0 bridgehead atoms. The first-order valence-electron chi connectivity index (χ1n) is 7.03. The first-order valence-corrected chi connectivity index (χ1v) is 7.03. The van der Waals surface area contributed by atoms with Crippen LogP contribution in [0.3, 0.4) is 0 Å². The smallest absolute Gasteiger partial charge is 0.194 e. The van der Waals surface area contributed by atoms with E-state index in [-0.39, 0.29) is 0 Å². The number of hydrogen-bond donors (Lipinski definition) is 1. The maximum atomic E-state index is 5.47. The first-order chi connectivity index (χ1) is 9.28. The molecule has 102 valence electrons. The Balaban J connectivity index is 1.57. The summed E-state index contributed by atoms with van der Waals surface area (Å²) in [5.74, 6) is 2.63. The average Bonchev–Trinajstić information content (AvgIpc) is 3.07. The summed E-state index contributed by atoms with van der Waals surface area (Å²) in [6.07, 6.45) is 1.20. The molecule has 1 aliphatic heterocycles. The third-order valence-corrected chi connectivity index (χ3v) is 3.78. The molecule has 19 heavy (non-hydrogen) atoms. The van der Waals surface area contributed by atoms with Crippen molar-refractivity contribution in [2.24, 2.45) is 4.99 Å². The molecule has 0 amide bonds. The number of guanidine groups is 1. The molecule has 1 heterocycles. The lowest BCUT2D eigenvalue weighted by molar-refractivity contribution is 0.340. The van der Waals surface area contributed by atoms with Crippen molar-refractivity contribution in [3.63, 3.8) is 0 Å². The molecule has 1 aromatic carbocycles. The van der Waals surface area contributed by atoms with Gasteiger partial charge in [-0.2, -0.15) is 0 Å². The second kappa shape index (κ2) is 5.11. The van der Waals surface area contributed by atoms with Crippen molar-refractivity contribution in [3.05, 3.63) is 29.8 Å². The number of nitrogens with zero attached hydrogens (tertiary/aromatic N) is 2. The first kappa shape index (κ1) is 12.3. The number of hydrogen-bond acceptors (Lipinski definition) is 4. The summed E-state index contributed by atoms with van der Waals surface area (Å²) in [6.45, 7) is 4.68. The van der Waals surface area contributed by atoms with Gasteiger partial charge < -0.3 is 15.0 Å². The zero-order chi connectivity index (χ0) is 13.2. The zero-order valence-electron chi connectivity index (χ0n) is 11.6. The number of likely N-dealkylation sites (N-methyl/N-ethyl adjacent to an activating group) is 1. The van der Waals surface area contributed by atoms with E-state index in [2.05, 4.69) is 46.5 Å². The van der Waals surface area contributed by atoms with Crippen molar-refractivity contribution in [2.45, 2.75) is 25.3 Å². The molecule has 2 atom stereocenters. The minimum Gasteiger partial charge on any atom is -0.494 e. The molecular formula is C15H21N3O. The van der Waals surface area contributed by atoms with Crippen LogP contribution in [0.1, 0.15) is 24.8 Å². The van der Waals surface area contributed by atoms with Gasteiger partial charge in [0, 0.05) is 25.6 Å². The zero-order valence-corrected chi connectivity index (χ0v) is 11.6. The Morgan fingerprint density at radius 2 is 2.16 bits per heavy atom.